The first kappa shape index (κ1) is 24.1. The Bertz CT molecular complexity index is 1090. The van der Waals surface area contributed by atoms with Gasteiger partial charge in [0.15, 0.2) is 5.17 Å². The molecule has 1 unspecified atom stereocenters. The van der Waals surface area contributed by atoms with Crippen molar-refractivity contribution >= 4 is 45.8 Å². The SMILES string of the molecule is CCCN1C(=O)C(CC(=O)Nc2cc(OC)ccc2OC)SC1=Nc1ccccc1[N+](=O)[O-]. The molecule has 2 aromatic rings. The van der Waals surface area contributed by atoms with Crippen LogP contribution in [0.15, 0.2) is 47.5 Å². The number of hydrogen-bond donors (Lipinski definition) is 1. The Labute approximate surface area is 195 Å². The minimum absolute atomic E-state index is 0.0972. The van der Waals surface area contributed by atoms with E-state index in [4.69, 9.17) is 9.47 Å². The maximum atomic E-state index is 13.0. The third-order valence-electron chi connectivity index (χ3n) is 4.81. The van der Waals surface area contributed by atoms with Gasteiger partial charge in [-0.1, -0.05) is 30.8 Å². The zero-order chi connectivity index (χ0) is 24.0. The van der Waals surface area contributed by atoms with E-state index >= 15 is 0 Å². The third kappa shape index (κ3) is 5.61. The average molecular weight is 473 g/mol. The second-order valence-electron chi connectivity index (χ2n) is 7.06. The molecule has 1 atom stereocenters. The first-order chi connectivity index (χ1) is 15.9. The highest BCUT2D eigenvalue weighted by atomic mass is 32.2. The minimum Gasteiger partial charge on any atom is -0.497 e. The monoisotopic (exact) mass is 472 g/mol. The summed E-state index contributed by atoms with van der Waals surface area (Å²) in [7, 11) is 3.00. The molecule has 2 amide bonds. The number of nitrogens with zero attached hydrogens (tertiary/aromatic N) is 3. The Kier molecular flexibility index (Phi) is 7.88. The summed E-state index contributed by atoms with van der Waals surface area (Å²) in [6.45, 7) is 2.31. The summed E-state index contributed by atoms with van der Waals surface area (Å²) in [4.78, 5) is 42.4. The predicted molar refractivity (Wildman–Crippen MR) is 126 cm³/mol. The van der Waals surface area contributed by atoms with E-state index in [1.54, 1.807) is 30.3 Å². The summed E-state index contributed by atoms with van der Waals surface area (Å²) in [6, 6.07) is 11.1. The van der Waals surface area contributed by atoms with Gasteiger partial charge in [0.1, 0.15) is 22.4 Å². The molecule has 1 aliphatic heterocycles. The van der Waals surface area contributed by atoms with E-state index in [2.05, 4.69) is 10.3 Å². The summed E-state index contributed by atoms with van der Waals surface area (Å²) in [5.74, 6) is 0.369. The lowest BCUT2D eigenvalue weighted by Crippen LogP contribution is -2.34. The maximum Gasteiger partial charge on any atom is 0.294 e. The van der Waals surface area contributed by atoms with Gasteiger partial charge in [-0.15, -0.1) is 0 Å². The number of benzene rings is 2. The molecule has 0 aliphatic carbocycles. The number of aliphatic imine (C=N–C) groups is 1. The largest absolute Gasteiger partial charge is 0.497 e. The molecule has 0 spiro atoms. The van der Waals surface area contributed by atoms with Crippen molar-refractivity contribution in [3.8, 4) is 11.5 Å². The van der Waals surface area contributed by atoms with E-state index < -0.39 is 10.2 Å². The molecule has 0 aromatic heterocycles. The van der Waals surface area contributed by atoms with Crippen LogP contribution in [0.2, 0.25) is 0 Å². The Morgan fingerprint density at radius 2 is 2.00 bits per heavy atom. The molecule has 0 saturated carbocycles. The average Bonchev–Trinajstić information content (AvgIpc) is 3.08. The number of ether oxygens (including phenoxy) is 2. The lowest BCUT2D eigenvalue weighted by molar-refractivity contribution is -0.384. The molecule has 1 N–H and O–H groups in total. The van der Waals surface area contributed by atoms with Crippen molar-refractivity contribution in [2.45, 2.75) is 25.0 Å². The van der Waals surface area contributed by atoms with E-state index in [0.29, 0.717) is 35.3 Å². The van der Waals surface area contributed by atoms with E-state index in [1.807, 2.05) is 6.92 Å². The minimum atomic E-state index is -0.699. The fraction of sp³-hybridized carbons (Fsp3) is 0.318. The highest BCUT2D eigenvalue weighted by Gasteiger charge is 2.39. The van der Waals surface area contributed by atoms with Crippen molar-refractivity contribution in [1.29, 1.82) is 0 Å². The summed E-state index contributed by atoms with van der Waals surface area (Å²) in [5.41, 5.74) is 0.433. The first-order valence-corrected chi connectivity index (χ1v) is 11.1. The number of para-hydroxylation sites is 2. The zero-order valence-corrected chi connectivity index (χ0v) is 19.3. The van der Waals surface area contributed by atoms with Crippen molar-refractivity contribution in [2.75, 3.05) is 26.1 Å². The van der Waals surface area contributed by atoms with Gasteiger partial charge in [0.05, 0.1) is 24.8 Å². The summed E-state index contributed by atoms with van der Waals surface area (Å²) in [5, 5.41) is 13.7. The molecule has 174 valence electrons. The number of methoxy groups -OCH3 is 2. The topological polar surface area (TPSA) is 123 Å². The van der Waals surface area contributed by atoms with E-state index in [0.717, 1.165) is 11.8 Å². The molecule has 11 heteroatoms. The molecule has 1 fully saturated rings. The zero-order valence-electron chi connectivity index (χ0n) is 18.4. The van der Waals surface area contributed by atoms with Crippen molar-refractivity contribution in [3.05, 3.63) is 52.6 Å². The van der Waals surface area contributed by atoms with Crippen LogP contribution in [0.25, 0.3) is 0 Å². The van der Waals surface area contributed by atoms with Crippen LogP contribution in [0.1, 0.15) is 19.8 Å². The van der Waals surface area contributed by atoms with Gasteiger partial charge in [0, 0.05) is 25.1 Å². The molecule has 33 heavy (non-hydrogen) atoms. The second-order valence-corrected chi connectivity index (χ2v) is 8.22. The van der Waals surface area contributed by atoms with E-state index in [9.17, 15) is 19.7 Å². The fourth-order valence-corrected chi connectivity index (χ4v) is 4.43. The van der Waals surface area contributed by atoms with Crippen LogP contribution in [-0.4, -0.2) is 52.8 Å². The summed E-state index contributed by atoms with van der Waals surface area (Å²) in [6.07, 6.45) is 0.572. The molecule has 1 heterocycles. The first-order valence-electron chi connectivity index (χ1n) is 10.2. The Hall–Kier alpha value is -3.60. The number of nitro groups is 1. The number of amides is 2. The Balaban J connectivity index is 1.80. The molecule has 1 aliphatic rings. The Morgan fingerprint density at radius 3 is 2.67 bits per heavy atom. The number of thioether (sulfide) groups is 1. The molecular formula is C22H24N4O6S. The predicted octanol–water partition coefficient (Wildman–Crippen LogP) is 3.98. The maximum absolute atomic E-state index is 13.0. The van der Waals surface area contributed by atoms with E-state index in [-0.39, 0.29) is 29.6 Å². The number of hydrogen-bond acceptors (Lipinski definition) is 8. The van der Waals surface area contributed by atoms with Crippen LogP contribution < -0.4 is 14.8 Å². The van der Waals surface area contributed by atoms with Crippen LogP contribution in [0.5, 0.6) is 11.5 Å². The lowest BCUT2D eigenvalue weighted by Gasteiger charge is -2.15. The van der Waals surface area contributed by atoms with Crippen LogP contribution in [0.4, 0.5) is 17.1 Å². The van der Waals surface area contributed by atoms with Crippen molar-refractivity contribution < 1.29 is 24.0 Å². The second kappa shape index (κ2) is 10.8. The van der Waals surface area contributed by atoms with Gasteiger partial charge in [-0.3, -0.25) is 24.6 Å². The smallest absolute Gasteiger partial charge is 0.294 e. The van der Waals surface area contributed by atoms with Crippen LogP contribution >= 0.6 is 11.8 Å². The van der Waals surface area contributed by atoms with Crippen LogP contribution in [0.3, 0.4) is 0 Å². The molecule has 3 rings (SSSR count). The van der Waals surface area contributed by atoms with Crippen molar-refractivity contribution in [3.63, 3.8) is 0 Å². The lowest BCUT2D eigenvalue weighted by atomic mass is 10.2. The molecule has 0 bridgehead atoms. The number of nitro benzene ring substituents is 1. The van der Waals surface area contributed by atoms with Crippen LogP contribution in [0, 0.1) is 10.1 Å². The van der Waals surface area contributed by atoms with Crippen molar-refractivity contribution in [2.24, 2.45) is 4.99 Å². The highest BCUT2D eigenvalue weighted by molar-refractivity contribution is 8.15. The van der Waals surface area contributed by atoms with Gasteiger partial charge in [-0.2, -0.15) is 0 Å². The Morgan fingerprint density at radius 1 is 1.24 bits per heavy atom. The quantitative estimate of drug-likeness (QED) is 0.432. The van der Waals surface area contributed by atoms with Gasteiger partial charge in [0.2, 0.25) is 11.8 Å². The number of nitrogens with one attached hydrogen (secondary N) is 1. The van der Waals surface area contributed by atoms with Gasteiger partial charge in [-0.25, -0.2) is 4.99 Å². The van der Waals surface area contributed by atoms with E-state index in [1.165, 1.54) is 31.3 Å². The third-order valence-corrected chi connectivity index (χ3v) is 5.99. The van der Waals surface area contributed by atoms with Gasteiger partial charge in [-0.05, 0) is 24.6 Å². The molecular weight excluding hydrogens is 448 g/mol. The van der Waals surface area contributed by atoms with Gasteiger partial charge in [0.25, 0.3) is 5.69 Å². The number of carbonyl (C=O) groups excluding carboxylic acids is 2. The standard InChI is InChI=1S/C22H24N4O6S/c1-4-11-25-21(28)19(33-22(25)24-15-7-5-6-8-17(15)26(29)30)13-20(27)23-16-12-14(31-2)9-10-18(16)32-3/h5-10,12,19H,4,11,13H2,1-3H3,(H,23,27). The highest BCUT2D eigenvalue weighted by Crippen LogP contribution is 2.35. The normalized spacial score (nSPS) is 16.7. The van der Waals surface area contributed by atoms with Crippen LogP contribution in [-0.2, 0) is 9.59 Å². The summed E-state index contributed by atoms with van der Waals surface area (Å²) < 4.78 is 10.5. The summed E-state index contributed by atoms with van der Waals surface area (Å²) >= 11 is 1.13. The molecule has 1 saturated heterocycles. The van der Waals surface area contributed by atoms with Gasteiger partial charge < -0.3 is 14.8 Å². The number of amidine groups is 1. The molecule has 10 nitrogen and oxygen atoms in total. The number of anilines is 1. The number of carbonyl (C=O) groups is 2. The number of rotatable bonds is 9. The fourth-order valence-electron chi connectivity index (χ4n) is 3.25. The van der Waals surface area contributed by atoms with Crippen molar-refractivity contribution in [1.82, 2.24) is 4.90 Å². The molecule has 2 aromatic carbocycles. The van der Waals surface area contributed by atoms with Gasteiger partial charge >= 0.3 is 0 Å². The molecule has 0 radical (unpaired) electrons.